The van der Waals surface area contributed by atoms with E-state index in [9.17, 15) is 4.79 Å². The van der Waals surface area contributed by atoms with Gasteiger partial charge >= 0.3 is 5.97 Å². The Morgan fingerprint density at radius 3 is 3.05 bits per heavy atom. The number of nitrogens with zero attached hydrogens (tertiary/aromatic N) is 2. The highest BCUT2D eigenvalue weighted by atomic mass is 16.5. The summed E-state index contributed by atoms with van der Waals surface area (Å²) in [7, 11) is 1.44. The van der Waals surface area contributed by atoms with Crippen LogP contribution in [0.1, 0.15) is 37.6 Å². The molecular formula is C14H23N3O2. The van der Waals surface area contributed by atoms with Gasteiger partial charge in [-0.25, -0.2) is 4.98 Å². The molecule has 0 saturated carbocycles. The highest BCUT2D eigenvalue weighted by molar-refractivity contribution is 5.75. The first-order valence-electron chi connectivity index (χ1n) is 7.10. The van der Waals surface area contributed by atoms with Gasteiger partial charge in [0.25, 0.3) is 0 Å². The lowest BCUT2D eigenvalue weighted by molar-refractivity contribution is -0.143. The quantitative estimate of drug-likeness (QED) is 0.788. The molecule has 1 N–H and O–H groups in total. The summed E-state index contributed by atoms with van der Waals surface area (Å²) >= 11 is 0. The number of aryl methyl sites for hydroxylation is 1. The maximum Gasteiger partial charge on any atom is 0.324 e. The molecule has 1 unspecified atom stereocenters. The lowest BCUT2D eigenvalue weighted by Gasteiger charge is -2.19. The van der Waals surface area contributed by atoms with Gasteiger partial charge in [0, 0.05) is 12.2 Å². The Balaban J connectivity index is 2.07. The predicted molar refractivity (Wildman–Crippen MR) is 73.0 cm³/mol. The molecule has 0 radical (unpaired) electrons. The topological polar surface area (TPSA) is 56.2 Å². The number of methoxy groups -OCH3 is 1. The second-order valence-electron chi connectivity index (χ2n) is 5.03. The van der Waals surface area contributed by atoms with E-state index in [-0.39, 0.29) is 12.0 Å². The van der Waals surface area contributed by atoms with Crippen molar-refractivity contribution in [1.82, 2.24) is 14.9 Å². The Bertz CT molecular complexity index is 428. The standard InChI is InChI=1S/C14H23N3O2/c1-3-8-15-12(14(18)19-2)9-17-10-16-11-6-4-5-7-13(11)17/h10,12,15H,3-9H2,1-2H3. The molecule has 19 heavy (non-hydrogen) atoms. The summed E-state index contributed by atoms with van der Waals surface area (Å²) < 4.78 is 6.98. The van der Waals surface area contributed by atoms with Crippen molar-refractivity contribution in [3.05, 3.63) is 17.7 Å². The smallest absolute Gasteiger partial charge is 0.324 e. The summed E-state index contributed by atoms with van der Waals surface area (Å²) in [6.07, 6.45) is 7.42. The summed E-state index contributed by atoms with van der Waals surface area (Å²) in [4.78, 5) is 16.3. The van der Waals surface area contributed by atoms with E-state index in [1.54, 1.807) is 0 Å². The van der Waals surface area contributed by atoms with Gasteiger partial charge in [-0.05, 0) is 38.6 Å². The molecule has 5 heteroatoms. The van der Waals surface area contributed by atoms with E-state index < -0.39 is 0 Å². The zero-order valence-corrected chi connectivity index (χ0v) is 11.8. The van der Waals surface area contributed by atoms with Gasteiger partial charge in [-0.1, -0.05) is 6.92 Å². The normalized spacial score (nSPS) is 15.9. The zero-order valence-electron chi connectivity index (χ0n) is 11.8. The molecule has 0 saturated heterocycles. The fourth-order valence-electron chi connectivity index (χ4n) is 2.57. The number of rotatable bonds is 6. The van der Waals surface area contributed by atoms with Crippen LogP contribution in [0.2, 0.25) is 0 Å². The first kappa shape index (κ1) is 14.1. The number of esters is 1. The van der Waals surface area contributed by atoms with Crippen molar-refractivity contribution in [3.63, 3.8) is 0 Å². The molecule has 1 aliphatic rings. The minimum atomic E-state index is -0.287. The fraction of sp³-hybridized carbons (Fsp3) is 0.714. The number of hydrogen-bond donors (Lipinski definition) is 1. The number of carbonyl (C=O) groups is 1. The van der Waals surface area contributed by atoms with Crippen LogP contribution < -0.4 is 5.32 Å². The molecule has 0 amide bonds. The molecule has 1 atom stereocenters. The van der Waals surface area contributed by atoms with Gasteiger partial charge in [0.1, 0.15) is 6.04 Å². The van der Waals surface area contributed by atoms with Crippen molar-refractivity contribution in [3.8, 4) is 0 Å². The predicted octanol–water partition coefficient (Wildman–Crippen LogP) is 1.30. The van der Waals surface area contributed by atoms with Crippen LogP contribution in [0, 0.1) is 0 Å². The lowest BCUT2D eigenvalue weighted by atomic mass is 10.0. The van der Waals surface area contributed by atoms with Gasteiger partial charge in [0.2, 0.25) is 0 Å². The molecule has 5 nitrogen and oxygen atoms in total. The molecule has 0 aliphatic heterocycles. The lowest BCUT2D eigenvalue weighted by Crippen LogP contribution is -2.41. The Hall–Kier alpha value is -1.36. The number of ether oxygens (including phenoxy) is 1. The Morgan fingerprint density at radius 2 is 2.32 bits per heavy atom. The second kappa shape index (κ2) is 6.70. The Morgan fingerprint density at radius 1 is 1.53 bits per heavy atom. The summed E-state index contributed by atoms with van der Waals surface area (Å²) in [6.45, 7) is 3.51. The number of fused-ring (bicyclic) bond motifs is 1. The summed E-state index contributed by atoms with van der Waals surface area (Å²) in [5.41, 5.74) is 2.49. The summed E-state index contributed by atoms with van der Waals surface area (Å²) in [6, 6.07) is -0.287. The van der Waals surface area contributed by atoms with E-state index in [4.69, 9.17) is 4.74 Å². The Labute approximate surface area is 114 Å². The van der Waals surface area contributed by atoms with Crippen LogP contribution in [-0.4, -0.2) is 35.2 Å². The molecule has 106 valence electrons. The average Bonchev–Trinajstić information content (AvgIpc) is 2.86. The third-order valence-electron chi connectivity index (χ3n) is 3.62. The molecule has 1 aromatic rings. The molecule has 0 fully saturated rings. The van der Waals surface area contributed by atoms with E-state index in [0.717, 1.165) is 25.8 Å². The van der Waals surface area contributed by atoms with Gasteiger partial charge in [-0.2, -0.15) is 0 Å². The highest BCUT2D eigenvalue weighted by Crippen LogP contribution is 2.20. The van der Waals surface area contributed by atoms with Gasteiger partial charge in [0.15, 0.2) is 0 Å². The molecule has 0 bridgehead atoms. The third kappa shape index (κ3) is 3.35. The fourth-order valence-corrected chi connectivity index (χ4v) is 2.57. The first-order chi connectivity index (χ1) is 9.26. The minimum Gasteiger partial charge on any atom is -0.468 e. The maximum absolute atomic E-state index is 11.8. The first-order valence-corrected chi connectivity index (χ1v) is 7.10. The third-order valence-corrected chi connectivity index (χ3v) is 3.62. The van der Waals surface area contributed by atoms with Crippen LogP contribution in [0.4, 0.5) is 0 Å². The average molecular weight is 265 g/mol. The molecular weight excluding hydrogens is 242 g/mol. The van der Waals surface area contributed by atoms with E-state index in [0.29, 0.717) is 6.54 Å². The summed E-state index contributed by atoms with van der Waals surface area (Å²) in [5, 5.41) is 3.24. The zero-order chi connectivity index (χ0) is 13.7. The number of imidazole rings is 1. The van der Waals surface area contributed by atoms with E-state index >= 15 is 0 Å². The van der Waals surface area contributed by atoms with Crippen molar-refractivity contribution in [2.24, 2.45) is 0 Å². The van der Waals surface area contributed by atoms with Gasteiger partial charge in [-0.3, -0.25) is 4.79 Å². The van der Waals surface area contributed by atoms with Crippen molar-refractivity contribution in [2.45, 2.75) is 51.6 Å². The SMILES string of the molecule is CCCNC(Cn1cnc2c1CCCC2)C(=O)OC. The van der Waals surface area contributed by atoms with E-state index in [2.05, 4.69) is 21.8 Å². The monoisotopic (exact) mass is 265 g/mol. The molecule has 2 rings (SSSR count). The summed E-state index contributed by atoms with van der Waals surface area (Å²) in [5.74, 6) is -0.202. The van der Waals surface area contributed by atoms with Crippen LogP contribution in [-0.2, 0) is 28.9 Å². The highest BCUT2D eigenvalue weighted by Gasteiger charge is 2.22. The second-order valence-corrected chi connectivity index (χ2v) is 5.03. The number of carbonyl (C=O) groups excluding carboxylic acids is 1. The molecule has 0 aromatic carbocycles. The van der Waals surface area contributed by atoms with Gasteiger partial charge < -0.3 is 14.6 Å². The van der Waals surface area contributed by atoms with E-state index in [1.165, 1.54) is 31.3 Å². The van der Waals surface area contributed by atoms with E-state index in [1.807, 2.05) is 6.33 Å². The maximum atomic E-state index is 11.8. The van der Waals surface area contributed by atoms with Crippen LogP contribution in [0.15, 0.2) is 6.33 Å². The number of hydrogen-bond acceptors (Lipinski definition) is 4. The minimum absolute atomic E-state index is 0.202. The number of aromatic nitrogens is 2. The molecule has 1 aliphatic carbocycles. The van der Waals surface area contributed by atoms with Gasteiger partial charge in [-0.15, -0.1) is 0 Å². The molecule has 1 aromatic heterocycles. The Kier molecular flexibility index (Phi) is 4.96. The van der Waals surface area contributed by atoms with Crippen LogP contribution in [0.25, 0.3) is 0 Å². The van der Waals surface area contributed by atoms with Crippen LogP contribution in [0.3, 0.4) is 0 Å². The number of nitrogens with one attached hydrogen (secondary N) is 1. The van der Waals surface area contributed by atoms with Crippen molar-refractivity contribution < 1.29 is 9.53 Å². The van der Waals surface area contributed by atoms with Crippen LogP contribution in [0.5, 0.6) is 0 Å². The van der Waals surface area contributed by atoms with Crippen molar-refractivity contribution >= 4 is 5.97 Å². The van der Waals surface area contributed by atoms with Gasteiger partial charge in [0.05, 0.1) is 19.1 Å². The van der Waals surface area contributed by atoms with Crippen molar-refractivity contribution in [1.29, 1.82) is 0 Å². The largest absolute Gasteiger partial charge is 0.468 e. The molecule has 1 heterocycles. The van der Waals surface area contributed by atoms with Crippen LogP contribution >= 0.6 is 0 Å². The van der Waals surface area contributed by atoms with Crippen molar-refractivity contribution in [2.75, 3.05) is 13.7 Å². The molecule has 0 spiro atoms.